The lowest BCUT2D eigenvalue weighted by atomic mass is 10.2. The fraction of sp³-hybridized carbons (Fsp3) is 0. The first-order chi connectivity index (χ1) is 6.86. The summed E-state index contributed by atoms with van der Waals surface area (Å²) in [7, 11) is 0. The molecule has 0 radical (unpaired) electrons. The Morgan fingerprint density at radius 2 is 1.79 bits per heavy atom. The summed E-state index contributed by atoms with van der Waals surface area (Å²) in [5.74, 6) is 0.922. The molecule has 0 aliphatic rings. The quantitative estimate of drug-likeness (QED) is 0.703. The molecule has 0 bridgehead atoms. The van der Waals surface area contributed by atoms with Gasteiger partial charge in [0, 0.05) is 6.07 Å². The third-order valence-corrected chi connectivity index (χ3v) is 1.94. The van der Waals surface area contributed by atoms with E-state index in [0.717, 1.165) is 17.2 Å². The highest BCUT2D eigenvalue weighted by molar-refractivity contribution is 5.69. The Kier molecular flexibility index (Phi) is 2.32. The van der Waals surface area contributed by atoms with Crippen LogP contribution in [0.1, 0.15) is 0 Å². The highest BCUT2D eigenvalue weighted by Crippen LogP contribution is 2.19. The Morgan fingerprint density at radius 3 is 2.50 bits per heavy atom. The highest BCUT2D eigenvalue weighted by Gasteiger charge is 2.03. The second-order valence-corrected chi connectivity index (χ2v) is 2.99. The number of hydrogen-bond acceptors (Lipinski definition) is 2. The van der Waals surface area contributed by atoms with Gasteiger partial charge in [-0.05, 0) is 18.2 Å². The molecule has 0 saturated heterocycles. The van der Waals surface area contributed by atoms with Crippen LogP contribution in [0.15, 0.2) is 48.7 Å². The number of nitrogen functional groups attached to an aromatic ring is 1. The number of H-pyrrole nitrogens is 1. The Labute approximate surface area is 82.6 Å². The maximum Gasteiger partial charge on any atom is 0.277 e. The maximum atomic E-state index is 5.79. The van der Waals surface area contributed by atoms with Gasteiger partial charge in [-0.25, -0.2) is 10.3 Å². The van der Waals surface area contributed by atoms with Gasteiger partial charge in [0.15, 0.2) is 0 Å². The number of pyridine rings is 1. The van der Waals surface area contributed by atoms with E-state index in [9.17, 15) is 0 Å². The van der Waals surface area contributed by atoms with Crippen LogP contribution in [0.5, 0.6) is 0 Å². The van der Waals surface area contributed by atoms with Gasteiger partial charge in [-0.3, -0.25) is 0 Å². The van der Waals surface area contributed by atoms with E-state index in [1.54, 1.807) is 0 Å². The van der Waals surface area contributed by atoms with Crippen molar-refractivity contribution in [3.8, 4) is 0 Å². The highest BCUT2D eigenvalue weighted by atomic mass is 15.0. The van der Waals surface area contributed by atoms with E-state index in [4.69, 9.17) is 5.73 Å². The van der Waals surface area contributed by atoms with Crippen molar-refractivity contribution in [1.82, 2.24) is 0 Å². The van der Waals surface area contributed by atoms with Crippen LogP contribution in [0, 0.1) is 0 Å². The van der Waals surface area contributed by atoms with Crippen LogP contribution >= 0.6 is 0 Å². The van der Waals surface area contributed by atoms with Gasteiger partial charge in [0.1, 0.15) is 5.69 Å². The van der Waals surface area contributed by atoms with Crippen LogP contribution < -0.4 is 16.0 Å². The molecule has 0 fully saturated rings. The monoisotopic (exact) mass is 186 g/mol. The van der Waals surface area contributed by atoms with Gasteiger partial charge < -0.3 is 5.73 Å². The molecule has 0 aliphatic heterocycles. The Bertz CT molecular complexity index is 412. The predicted octanol–water partition coefficient (Wildman–Crippen LogP) is 1.83. The lowest BCUT2D eigenvalue weighted by molar-refractivity contribution is -0.360. The van der Waals surface area contributed by atoms with Crippen molar-refractivity contribution in [2.24, 2.45) is 0 Å². The van der Waals surface area contributed by atoms with E-state index < -0.39 is 0 Å². The number of hydrogen-bond donors (Lipinski definition) is 2. The molecular formula is C11H12N3+. The first kappa shape index (κ1) is 8.56. The van der Waals surface area contributed by atoms with Crippen molar-refractivity contribution in [2.45, 2.75) is 0 Å². The van der Waals surface area contributed by atoms with E-state index in [2.05, 4.69) is 10.3 Å². The average Bonchev–Trinajstić information content (AvgIpc) is 2.23. The summed E-state index contributed by atoms with van der Waals surface area (Å²) < 4.78 is 0. The molecule has 1 aromatic carbocycles. The van der Waals surface area contributed by atoms with E-state index >= 15 is 0 Å². The van der Waals surface area contributed by atoms with Crippen LogP contribution in [0.2, 0.25) is 0 Å². The van der Waals surface area contributed by atoms with Crippen molar-refractivity contribution >= 4 is 17.2 Å². The van der Waals surface area contributed by atoms with Gasteiger partial charge in [0.05, 0.1) is 11.9 Å². The molecule has 3 nitrogen and oxygen atoms in total. The van der Waals surface area contributed by atoms with Gasteiger partial charge in [-0.2, -0.15) is 0 Å². The molecule has 0 saturated carbocycles. The summed E-state index contributed by atoms with van der Waals surface area (Å²) in [6.07, 6.45) is 1.86. The molecule has 2 aromatic rings. The molecule has 4 N–H and O–H groups in total. The smallest absolute Gasteiger partial charge is 0.277 e. The number of nitrogens with two attached hydrogens (primary N) is 1. The van der Waals surface area contributed by atoms with Gasteiger partial charge in [0.2, 0.25) is 0 Å². The molecule has 0 aliphatic carbocycles. The fourth-order valence-corrected chi connectivity index (χ4v) is 1.23. The van der Waals surface area contributed by atoms with Crippen molar-refractivity contribution in [3.05, 3.63) is 48.7 Å². The molecule has 2 rings (SSSR count). The number of aromatic amines is 1. The number of anilines is 3. The number of rotatable bonds is 2. The standard InChI is InChI=1S/C11H11N3/c12-9-5-1-2-6-10(9)14-11-7-3-4-8-13-11/h1-8H,12H2,(H,13,14)/p+1. The SMILES string of the molecule is Nc1ccccc1Nc1cccc[nH+]1. The fourth-order valence-electron chi connectivity index (χ4n) is 1.23. The zero-order valence-electron chi connectivity index (χ0n) is 7.70. The zero-order valence-corrected chi connectivity index (χ0v) is 7.70. The van der Waals surface area contributed by atoms with Crippen LogP contribution in [0.25, 0.3) is 0 Å². The minimum atomic E-state index is 0.741. The molecule has 0 amide bonds. The summed E-state index contributed by atoms with van der Waals surface area (Å²) in [6.45, 7) is 0. The lowest BCUT2D eigenvalue weighted by Gasteiger charge is -2.00. The molecule has 0 spiro atoms. The molecule has 14 heavy (non-hydrogen) atoms. The van der Waals surface area contributed by atoms with E-state index in [-0.39, 0.29) is 0 Å². The number of para-hydroxylation sites is 2. The third-order valence-electron chi connectivity index (χ3n) is 1.94. The summed E-state index contributed by atoms with van der Waals surface area (Å²) in [5, 5.41) is 3.19. The molecule has 70 valence electrons. The Morgan fingerprint density at radius 1 is 1.00 bits per heavy atom. The second kappa shape index (κ2) is 3.79. The van der Waals surface area contributed by atoms with E-state index in [0.29, 0.717) is 0 Å². The normalized spacial score (nSPS) is 9.71. The zero-order chi connectivity index (χ0) is 9.80. The van der Waals surface area contributed by atoms with Crippen LogP contribution in [-0.2, 0) is 0 Å². The van der Waals surface area contributed by atoms with Crippen molar-refractivity contribution in [3.63, 3.8) is 0 Å². The maximum absolute atomic E-state index is 5.79. The molecule has 0 unspecified atom stereocenters. The van der Waals surface area contributed by atoms with E-state index in [1.165, 1.54) is 0 Å². The van der Waals surface area contributed by atoms with Gasteiger partial charge in [-0.15, -0.1) is 0 Å². The average molecular weight is 186 g/mol. The molecule has 0 atom stereocenters. The van der Waals surface area contributed by atoms with Crippen molar-refractivity contribution in [2.75, 3.05) is 11.1 Å². The van der Waals surface area contributed by atoms with E-state index in [1.807, 2.05) is 48.7 Å². The first-order valence-corrected chi connectivity index (χ1v) is 4.44. The first-order valence-electron chi connectivity index (χ1n) is 4.44. The third kappa shape index (κ3) is 1.82. The van der Waals surface area contributed by atoms with Crippen molar-refractivity contribution in [1.29, 1.82) is 0 Å². The summed E-state index contributed by atoms with van der Waals surface area (Å²) in [4.78, 5) is 3.08. The van der Waals surface area contributed by atoms with Crippen molar-refractivity contribution < 1.29 is 4.98 Å². The summed E-state index contributed by atoms with van der Waals surface area (Å²) in [6, 6.07) is 13.5. The Balaban J connectivity index is 2.24. The van der Waals surface area contributed by atoms with Crippen LogP contribution in [-0.4, -0.2) is 0 Å². The number of aromatic nitrogens is 1. The molecule has 1 aromatic heterocycles. The van der Waals surface area contributed by atoms with Crippen LogP contribution in [0.3, 0.4) is 0 Å². The topological polar surface area (TPSA) is 52.2 Å². The number of nitrogens with one attached hydrogen (secondary N) is 2. The molecular weight excluding hydrogens is 174 g/mol. The Hall–Kier alpha value is -2.03. The second-order valence-electron chi connectivity index (χ2n) is 2.99. The molecule has 1 heterocycles. The van der Waals surface area contributed by atoms with Gasteiger partial charge >= 0.3 is 0 Å². The van der Waals surface area contributed by atoms with Crippen LogP contribution in [0.4, 0.5) is 17.2 Å². The van der Waals surface area contributed by atoms with Gasteiger partial charge in [-0.1, -0.05) is 18.2 Å². The van der Waals surface area contributed by atoms with Gasteiger partial charge in [0.25, 0.3) is 5.82 Å². The summed E-state index contributed by atoms with van der Waals surface area (Å²) in [5.41, 5.74) is 7.44. The predicted molar refractivity (Wildman–Crippen MR) is 57.1 cm³/mol. The lowest BCUT2D eigenvalue weighted by Crippen LogP contribution is -2.08. The minimum absolute atomic E-state index is 0.741. The largest absolute Gasteiger partial charge is 0.395 e. The summed E-state index contributed by atoms with van der Waals surface area (Å²) >= 11 is 0. The number of benzene rings is 1. The minimum Gasteiger partial charge on any atom is -0.395 e. The molecule has 3 heteroatoms.